The van der Waals surface area contributed by atoms with Crippen LogP contribution in [0.25, 0.3) is 0 Å². The second kappa shape index (κ2) is 8.85. The van der Waals surface area contributed by atoms with E-state index in [2.05, 4.69) is 10.4 Å². The molecule has 1 saturated carbocycles. The van der Waals surface area contributed by atoms with Crippen molar-refractivity contribution >= 4 is 17.7 Å². The highest BCUT2D eigenvalue weighted by molar-refractivity contribution is 5.92. The Morgan fingerprint density at radius 3 is 2.78 bits per heavy atom. The Labute approximate surface area is 156 Å². The van der Waals surface area contributed by atoms with Gasteiger partial charge in [-0.05, 0) is 25.0 Å². The van der Waals surface area contributed by atoms with Crippen LogP contribution < -0.4 is 10.1 Å². The fourth-order valence-electron chi connectivity index (χ4n) is 3.04. The van der Waals surface area contributed by atoms with Crippen molar-refractivity contribution in [2.45, 2.75) is 31.7 Å². The first-order valence-corrected chi connectivity index (χ1v) is 8.78. The van der Waals surface area contributed by atoms with Crippen molar-refractivity contribution < 1.29 is 19.1 Å². The van der Waals surface area contributed by atoms with Crippen LogP contribution in [0, 0.1) is 11.3 Å². The molecule has 1 amide bonds. The first-order chi connectivity index (χ1) is 13.2. The molecule has 0 saturated heterocycles. The summed E-state index contributed by atoms with van der Waals surface area (Å²) in [5, 5.41) is 16.0. The number of hydrogen-bond acceptors (Lipinski definition) is 6. The van der Waals surface area contributed by atoms with Gasteiger partial charge in [0.25, 0.3) is 5.91 Å². The SMILES string of the molecule is N#Cc1ccccc1OCC(=O)OCC(=O)Nc1ccnn1C1CCCC1. The van der Waals surface area contributed by atoms with E-state index in [1.54, 1.807) is 36.5 Å². The van der Waals surface area contributed by atoms with Crippen molar-refractivity contribution in [1.29, 1.82) is 5.26 Å². The van der Waals surface area contributed by atoms with Crippen LogP contribution in [0.3, 0.4) is 0 Å². The maximum absolute atomic E-state index is 12.0. The molecule has 2 aromatic rings. The van der Waals surface area contributed by atoms with Gasteiger partial charge >= 0.3 is 5.97 Å². The molecule has 8 heteroatoms. The molecule has 8 nitrogen and oxygen atoms in total. The van der Waals surface area contributed by atoms with Crippen LogP contribution in [-0.4, -0.2) is 34.9 Å². The van der Waals surface area contributed by atoms with Gasteiger partial charge in [0, 0.05) is 6.07 Å². The van der Waals surface area contributed by atoms with E-state index in [1.807, 2.05) is 10.8 Å². The zero-order chi connectivity index (χ0) is 19.1. The molecule has 3 rings (SSSR count). The molecule has 0 unspecified atom stereocenters. The molecule has 1 aliphatic carbocycles. The van der Waals surface area contributed by atoms with Gasteiger partial charge < -0.3 is 14.8 Å². The lowest BCUT2D eigenvalue weighted by Crippen LogP contribution is -2.25. The van der Waals surface area contributed by atoms with Crippen LogP contribution in [0.4, 0.5) is 5.82 Å². The van der Waals surface area contributed by atoms with Crippen molar-refractivity contribution in [3.05, 3.63) is 42.1 Å². The number of esters is 1. The summed E-state index contributed by atoms with van der Waals surface area (Å²) in [5.74, 6) is -0.244. The topological polar surface area (TPSA) is 106 Å². The molecule has 1 aromatic heterocycles. The van der Waals surface area contributed by atoms with E-state index < -0.39 is 18.5 Å². The third-order valence-corrected chi connectivity index (χ3v) is 4.33. The first kappa shape index (κ1) is 18.5. The highest BCUT2D eigenvalue weighted by atomic mass is 16.6. The third-order valence-electron chi connectivity index (χ3n) is 4.33. The Balaban J connectivity index is 1.45. The Hall–Kier alpha value is -3.34. The standard InChI is InChI=1S/C19H20N4O4/c20-11-14-5-1-4-8-16(14)26-13-19(25)27-12-18(24)22-17-9-10-21-23(17)15-6-2-3-7-15/h1,4-5,8-10,15H,2-3,6-7,12-13H2,(H,22,24). The molecule has 0 aliphatic heterocycles. The molecule has 1 heterocycles. The number of para-hydroxylation sites is 1. The lowest BCUT2D eigenvalue weighted by atomic mass is 10.2. The molecule has 27 heavy (non-hydrogen) atoms. The maximum atomic E-state index is 12.0. The van der Waals surface area contributed by atoms with E-state index in [0.29, 0.717) is 23.2 Å². The van der Waals surface area contributed by atoms with Crippen molar-refractivity contribution in [3.8, 4) is 11.8 Å². The average Bonchev–Trinajstić information content (AvgIpc) is 3.36. The fourth-order valence-corrected chi connectivity index (χ4v) is 3.04. The number of carbonyl (C=O) groups excluding carboxylic acids is 2. The predicted molar refractivity (Wildman–Crippen MR) is 96.0 cm³/mol. The number of nitriles is 1. The minimum absolute atomic E-state index is 0.293. The Morgan fingerprint density at radius 2 is 2.00 bits per heavy atom. The van der Waals surface area contributed by atoms with E-state index in [0.717, 1.165) is 25.7 Å². The largest absolute Gasteiger partial charge is 0.481 e. The van der Waals surface area contributed by atoms with Gasteiger partial charge in [0.1, 0.15) is 17.6 Å². The average molecular weight is 368 g/mol. The van der Waals surface area contributed by atoms with Crippen LogP contribution in [-0.2, 0) is 14.3 Å². The second-order valence-electron chi connectivity index (χ2n) is 6.20. The summed E-state index contributed by atoms with van der Waals surface area (Å²) in [7, 11) is 0. The molecule has 0 spiro atoms. The van der Waals surface area contributed by atoms with Crippen molar-refractivity contribution in [1.82, 2.24) is 9.78 Å². The predicted octanol–water partition coefficient (Wildman–Crippen LogP) is 2.43. The van der Waals surface area contributed by atoms with E-state index in [4.69, 9.17) is 14.7 Å². The number of amides is 1. The molecule has 0 radical (unpaired) electrons. The molecule has 1 N–H and O–H groups in total. The molecule has 0 bridgehead atoms. The van der Waals surface area contributed by atoms with Crippen LogP contribution in [0.2, 0.25) is 0 Å². The summed E-state index contributed by atoms with van der Waals surface area (Å²) in [4.78, 5) is 23.8. The minimum Gasteiger partial charge on any atom is -0.481 e. The van der Waals surface area contributed by atoms with Gasteiger partial charge in [0.15, 0.2) is 13.2 Å². The number of benzene rings is 1. The van der Waals surface area contributed by atoms with Crippen LogP contribution >= 0.6 is 0 Å². The zero-order valence-electron chi connectivity index (χ0n) is 14.8. The molecular formula is C19H20N4O4. The number of hydrogen-bond donors (Lipinski definition) is 1. The lowest BCUT2D eigenvalue weighted by Gasteiger charge is -2.14. The summed E-state index contributed by atoms with van der Waals surface area (Å²) in [6.07, 6.45) is 6.04. The zero-order valence-corrected chi connectivity index (χ0v) is 14.8. The van der Waals surface area contributed by atoms with Crippen molar-refractivity contribution in [2.75, 3.05) is 18.5 Å². The lowest BCUT2D eigenvalue weighted by molar-refractivity contribution is -0.149. The number of ether oxygens (including phenoxy) is 2. The third kappa shape index (κ3) is 4.85. The number of rotatable bonds is 7. The summed E-state index contributed by atoms with van der Waals surface area (Å²) in [6, 6.07) is 10.6. The normalized spacial score (nSPS) is 13.7. The highest BCUT2D eigenvalue weighted by Crippen LogP contribution is 2.31. The first-order valence-electron chi connectivity index (χ1n) is 8.78. The van der Waals surface area contributed by atoms with Gasteiger partial charge in [-0.2, -0.15) is 10.4 Å². The molecule has 0 atom stereocenters. The van der Waals surface area contributed by atoms with Gasteiger partial charge in [-0.25, -0.2) is 9.48 Å². The van der Waals surface area contributed by atoms with Crippen LogP contribution in [0.1, 0.15) is 37.3 Å². The summed E-state index contributed by atoms with van der Waals surface area (Å²) >= 11 is 0. The number of nitrogens with zero attached hydrogens (tertiary/aromatic N) is 3. The Kier molecular flexibility index (Phi) is 6.05. The Morgan fingerprint density at radius 1 is 1.22 bits per heavy atom. The van der Waals surface area contributed by atoms with Gasteiger partial charge in [-0.15, -0.1) is 0 Å². The quantitative estimate of drug-likeness (QED) is 0.752. The summed E-state index contributed by atoms with van der Waals surface area (Å²) in [6.45, 7) is -0.802. The molecule has 140 valence electrons. The van der Waals surface area contributed by atoms with Gasteiger partial charge in [-0.3, -0.25) is 4.79 Å². The maximum Gasteiger partial charge on any atom is 0.344 e. The smallest absolute Gasteiger partial charge is 0.344 e. The molecule has 1 fully saturated rings. The number of carbonyl (C=O) groups is 2. The van der Waals surface area contributed by atoms with Crippen LogP contribution in [0.5, 0.6) is 5.75 Å². The fraction of sp³-hybridized carbons (Fsp3) is 0.368. The van der Waals surface area contributed by atoms with Gasteiger partial charge in [0.2, 0.25) is 0 Å². The van der Waals surface area contributed by atoms with Crippen molar-refractivity contribution in [2.24, 2.45) is 0 Å². The van der Waals surface area contributed by atoms with Gasteiger partial charge in [-0.1, -0.05) is 25.0 Å². The van der Waals surface area contributed by atoms with Crippen LogP contribution in [0.15, 0.2) is 36.5 Å². The monoisotopic (exact) mass is 368 g/mol. The minimum atomic E-state index is -0.692. The molecule has 1 aliphatic rings. The molecule has 1 aromatic carbocycles. The van der Waals surface area contributed by atoms with Gasteiger partial charge in [0.05, 0.1) is 17.8 Å². The number of nitrogens with one attached hydrogen (secondary N) is 1. The summed E-state index contributed by atoms with van der Waals surface area (Å²) in [5.41, 5.74) is 0.322. The van der Waals surface area contributed by atoms with E-state index >= 15 is 0 Å². The van der Waals surface area contributed by atoms with Crippen molar-refractivity contribution in [3.63, 3.8) is 0 Å². The summed E-state index contributed by atoms with van der Waals surface area (Å²) < 4.78 is 12.0. The van der Waals surface area contributed by atoms with E-state index in [9.17, 15) is 9.59 Å². The molecular weight excluding hydrogens is 348 g/mol. The van der Waals surface area contributed by atoms with E-state index in [1.165, 1.54) is 0 Å². The number of anilines is 1. The number of aromatic nitrogens is 2. The Bertz CT molecular complexity index is 849. The second-order valence-corrected chi connectivity index (χ2v) is 6.20. The highest BCUT2D eigenvalue weighted by Gasteiger charge is 2.20. The van der Waals surface area contributed by atoms with E-state index in [-0.39, 0.29) is 6.61 Å².